The lowest BCUT2D eigenvalue weighted by atomic mass is 9.91. The van der Waals surface area contributed by atoms with Gasteiger partial charge in [0.25, 0.3) is 11.8 Å². The molecule has 3 aromatic rings. The third-order valence-corrected chi connectivity index (χ3v) is 18.6. The van der Waals surface area contributed by atoms with Crippen molar-refractivity contribution >= 4 is 20.0 Å². The molecule has 362 valence electrons. The first kappa shape index (κ1) is 48.6. The summed E-state index contributed by atoms with van der Waals surface area (Å²) < 4.78 is 79.2. The number of nitrogens with zero attached hydrogens (tertiary/aromatic N) is 7. The summed E-state index contributed by atoms with van der Waals surface area (Å²) in [6, 6.07) is 9.93. The van der Waals surface area contributed by atoms with Crippen LogP contribution in [0, 0.1) is 11.8 Å². The van der Waals surface area contributed by atoms with Gasteiger partial charge in [-0.2, -0.15) is 18.6 Å². The van der Waals surface area contributed by atoms with Crippen molar-refractivity contribution in [2.75, 3.05) is 50.8 Å². The van der Waals surface area contributed by atoms with Crippen molar-refractivity contribution in [3.63, 3.8) is 0 Å². The molecule has 0 amide bonds. The van der Waals surface area contributed by atoms with Crippen LogP contribution in [0.2, 0.25) is 0 Å². The summed E-state index contributed by atoms with van der Waals surface area (Å²) in [6.07, 6.45) is 20.7. The molecule has 0 spiro atoms. The molecule has 6 aliphatic rings. The van der Waals surface area contributed by atoms with Crippen LogP contribution in [0.5, 0.6) is 0 Å². The van der Waals surface area contributed by atoms with Gasteiger partial charge in [-0.3, -0.25) is 4.90 Å². The average Bonchev–Trinajstić information content (AvgIpc) is 4.03. The average molecular weight is 943 g/mol. The Labute approximate surface area is 387 Å². The summed E-state index contributed by atoms with van der Waals surface area (Å²) >= 11 is 0. The molecule has 6 heterocycles. The summed E-state index contributed by atoms with van der Waals surface area (Å²) in [6.45, 7) is 6.58. The van der Waals surface area contributed by atoms with E-state index in [1.807, 2.05) is 0 Å². The summed E-state index contributed by atoms with van der Waals surface area (Å²) in [5.74, 6) is 2.92. The second-order valence-corrected chi connectivity index (χ2v) is 23.4. The maximum atomic E-state index is 13.3. The number of hydrogen-bond acceptors (Lipinski definition) is 14. The minimum Gasteiger partial charge on any atom is -0.368 e. The highest BCUT2D eigenvalue weighted by atomic mass is 32.2. The van der Waals surface area contributed by atoms with Gasteiger partial charge in [0.2, 0.25) is 20.0 Å². The van der Waals surface area contributed by atoms with Gasteiger partial charge >= 0.3 is 0 Å². The molecule has 2 aliphatic carbocycles. The Balaban J connectivity index is 0.000000181. The number of rotatable bonds is 16. The van der Waals surface area contributed by atoms with Crippen LogP contribution in [0.25, 0.3) is 0 Å². The van der Waals surface area contributed by atoms with Crippen molar-refractivity contribution in [2.45, 2.75) is 172 Å². The Morgan fingerprint density at radius 2 is 1.02 bits per heavy atom. The minimum absolute atomic E-state index is 0.175. The minimum atomic E-state index is -3.35. The Hall–Kier alpha value is -2.84. The van der Waals surface area contributed by atoms with Crippen LogP contribution in [-0.4, -0.2) is 114 Å². The molecule has 6 fully saturated rings. The van der Waals surface area contributed by atoms with Gasteiger partial charge in [0, 0.05) is 32.7 Å². The lowest BCUT2D eigenvalue weighted by Crippen LogP contribution is -2.41. The lowest BCUT2D eigenvalue weighted by Gasteiger charge is -2.34. The summed E-state index contributed by atoms with van der Waals surface area (Å²) in [5.41, 5.74) is 1.34. The standard InChI is InChI=1S/C27H40N4O4S.C20H34N4O4S/c32-36(33,21-23-11-5-2-6-12-23)31-16-8-7-13-25(31)27-28-26(35-29-27)20-34-24-14-17-30(18-15-24)19-22-9-3-1-4-10-22;25-29(26,15-16-6-2-1-3-7-16)24-13-5-4-8-18(24)20-22-19(28-23-20)14-27-17-9-11-21-12-10-17/h1,3-4,9-10,23-25H,2,5-8,11-21H2;16-18,21H,1-15H2/t25-;18-/m00/s1. The van der Waals surface area contributed by atoms with Crippen LogP contribution in [0.3, 0.4) is 0 Å². The SMILES string of the molecule is O=S(=O)(CC1CCCCC1)N1CCCC[C@H]1c1noc(COC2CCN(Cc3ccccc3)CC2)n1.O=S(=O)(CC1CCCCC1)N1CCCC[C@H]1c1noc(COC2CCNCC2)n1. The van der Waals surface area contributed by atoms with E-state index in [9.17, 15) is 16.8 Å². The van der Waals surface area contributed by atoms with Crippen molar-refractivity contribution < 1.29 is 35.4 Å². The molecule has 4 saturated heterocycles. The first-order chi connectivity index (χ1) is 31.7. The number of ether oxygens (including phenoxy) is 2. The highest BCUT2D eigenvalue weighted by Gasteiger charge is 2.39. The maximum absolute atomic E-state index is 13.3. The van der Waals surface area contributed by atoms with Gasteiger partial charge in [-0.05, 0) is 108 Å². The third kappa shape index (κ3) is 14.1. The molecule has 2 aromatic heterocycles. The van der Waals surface area contributed by atoms with Crippen molar-refractivity contribution in [1.82, 2.24) is 39.1 Å². The van der Waals surface area contributed by atoms with Crippen molar-refractivity contribution in [3.8, 4) is 0 Å². The molecule has 0 unspecified atom stereocenters. The van der Waals surface area contributed by atoms with E-state index < -0.39 is 20.0 Å². The van der Waals surface area contributed by atoms with E-state index in [0.717, 1.165) is 148 Å². The number of sulfonamides is 2. The molecular formula is C47H74N8O8S2. The predicted octanol–water partition coefficient (Wildman–Crippen LogP) is 7.46. The van der Waals surface area contributed by atoms with E-state index in [1.165, 1.54) is 18.4 Å². The fourth-order valence-corrected chi connectivity index (χ4v) is 15.1. The van der Waals surface area contributed by atoms with Crippen molar-refractivity contribution in [3.05, 3.63) is 59.3 Å². The third-order valence-electron chi connectivity index (χ3n) is 14.5. The Kier molecular flexibility index (Phi) is 17.9. The van der Waals surface area contributed by atoms with Gasteiger partial charge in [0.05, 0.1) is 35.8 Å². The largest absolute Gasteiger partial charge is 0.368 e. The fraction of sp³-hybridized carbons (Fsp3) is 0.787. The van der Waals surface area contributed by atoms with Crippen LogP contribution in [0.4, 0.5) is 0 Å². The molecule has 2 saturated carbocycles. The fourth-order valence-electron chi connectivity index (χ4n) is 10.8. The maximum Gasteiger partial charge on any atom is 0.252 e. The molecule has 9 rings (SSSR count). The second-order valence-electron chi connectivity index (χ2n) is 19.4. The molecule has 16 nitrogen and oxygen atoms in total. The summed E-state index contributed by atoms with van der Waals surface area (Å²) in [5, 5.41) is 11.6. The van der Waals surface area contributed by atoms with Crippen LogP contribution in [-0.2, 0) is 49.3 Å². The molecule has 65 heavy (non-hydrogen) atoms. The molecule has 1 aromatic carbocycles. The van der Waals surface area contributed by atoms with Crippen molar-refractivity contribution in [2.24, 2.45) is 11.8 Å². The number of likely N-dealkylation sites (tertiary alicyclic amines) is 1. The lowest BCUT2D eigenvalue weighted by molar-refractivity contribution is -0.0136. The van der Waals surface area contributed by atoms with Crippen LogP contribution in [0.15, 0.2) is 39.4 Å². The molecule has 0 bridgehead atoms. The first-order valence-corrected chi connectivity index (χ1v) is 28.2. The van der Waals surface area contributed by atoms with E-state index in [-0.39, 0.29) is 54.2 Å². The first-order valence-electron chi connectivity index (χ1n) is 25.0. The number of hydrogen-bond donors (Lipinski definition) is 1. The van der Waals surface area contributed by atoms with E-state index in [0.29, 0.717) is 43.1 Å². The number of aromatic nitrogens is 4. The highest BCUT2D eigenvalue weighted by molar-refractivity contribution is 7.89. The van der Waals surface area contributed by atoms with Crippen LogP contribution >= 0.6 is 0 Å². The van der Waals surface area contributed by atoms with Gasteiger partial charge in [0.1, 0.15) is 13.2 Å². The molecule has 2 atom stereocenters. The Morgan fingerprint density at radius 1 is 0.554 bits per heavy atom. The molecule has 1 N–H and O–H groups in total. The van der Waals surface area contributed by atoms with Gasteiger partial charge in [-0.25, -0.2) is 16.8 Å². The summed E-state index contributed by atoms with van der Waals surface area (Å²) in [7, 11) is -6.68. The number of piperidine rings is 4. The Bertz CT molecular complexity index is 2080. The van der Waals surface area contributed by atoms with E-state index in [1.54, 1.807) is 8.61 Å². The summed E-state index contributed by atoms with van der Waals surface area (Å²) in [4.78, 5) is 11.5. The van der Waals surface area contributed by atoms with E-state index in [2.05, 4.69) is 60.8 Å². The van der Waals surface area contributed by atoms with Gasteiger partial charge in [-0.15, -0.1) is 0 Å². The van der Waals surface area contributed by atoms with E-state index in [4.69, 9.17) is 18.5 Å². The topological polar surface area (TPSA) is 186 Å². The zero-order chi connectivity index (χ0) is 44.9. The predicted molar refractivity (Wildman–Crippen MR) is 246 cm³/mol. The zero-order valence-electron chi connectivity index (χ0n) is 38.5. The zero-order valence-corrected chi connectivity index (χ0v) is 40.1. The van der Waals surface area contributed by atoms with Crippen molar-refractivity contribution in [1.29, 1.82) is 0 Å². The van der Waals surface area contributed by atoms with Crippen LogP contribution < -0.4 is 5.32 Å². The monoisotopic (exact) mass is 943 g/mol. The highest BCUT2D eigenvalue weighted by Crippen LogP contribution is 2.36. The molecular weight excluding hydrogens is 869 g/mol. The van der Waals surface area contributed by atoms with Crippen LogP contribution in [0.1, 0.15) is 169 Å². The molecule has 4 aliphatic heterocycles. The smallest absolute Gasteiger partial charge is 0.252 e. The second kappa shape index (κ2) is 23.9. The molecule has 18 heteroatoms. The number of nitrogens with one attached hydrogen (secondary N) is 1. The van der Waals surface area contributed by atoms with Gasteiger partial charge < -0.3 is 23.8 Å². The molecule has 0 radical (unpaired) electrons. The van der Waals surface area contributed by atoms with E-state index >= 15 is 0 Å². The quantitative estimate of drug-likeness (QED) is 0.149. The van der Waals surface area contributed by atoms with Gasteiger partial charge in [-0.1, -0.05) is 92.0 Å². The number of benzene rings is 1. The van der Waals surface area contributed by atoms with Gasteiger partial charge in [0.15, 0.2) is 11.6 Å². The Morgan fingerprint density at radius 3 is 1.51 bits per heavy atom. The normalized spacial score (nSPS) is 24.7.